The number of phenolic OH excluding ortho intramolecular Hbond substituents is 2. The third kappa shape index (κ3) is 3.49. The van der Waals surface area contributed by atoms with Crippen LogP contribution in [-0.4, -0.2) is 30.4 Å². The van der Waals surface area contributed by atoms with E-state index < -0.39 is 5.97 Å². The van der Waals surface area contributed by atoms with Crippen molar-refractivity contribution in [2.24, 2.45) is 0 Å². The van der Waals surface area contributed by atoms with E-state index in [9.17, 15) is 15.0 Å². The number of aromatic hydroxyl groups is 2. The summed E-state index contributed by atoms with van der Waals surface area (Å²) in [5, 5.41) is 19.5. The lowest BCUT2D eigenvalue weighted by Gasteiger charge is -2.09. The summed E-state index contributed by atoms with van der Waals surface area (Å²) in [4.78, 5) is 11.6. The maximum atomic E-state index is 11.6. The Balaban J connectivity index is 2.17. The summed E-state index contributed by atoms with van der Waals surface area (Å²) >= 11 is 0. The predicted molar refractivity (Wildman–Crippen MR) is 81.5 cm³/mol. The number of benzene rings is 2. The van der Waals surface area contributed by atoms with Crippen LogP contribution >= 0.6 is 0 Å². The molecule has 2 aromatic rings. The summed E-state index contributed by atoms with van der Waals surface area (Å²) in [5.41, 5.74) is 1.75. The molecule has 5 heteroatoms. The number of hydrogen-bond donors (Lipinski definition) is 2. The highest BCUT2D eigenvalue weighted by Crippen LogP contribution is 2.25. The summed E-state index contributed by atoms with van der Waals surface area (Å²) in [5.74, 6) is 0.185. The van der Waals surface area contributed by atoms with E-state index in [-0.39, 0.29) is 17.1 Å². The van der Waals surface area contributed by atoms with Crippen molar-refractivity contribution in [1.29, 1.82) is 0 Å². The minimum atomic E-state index is -0.580. The Labute approximate surface area is 128 Å². The topological polar surface area (TPSA) is 76.0 Å². The molecule has 2 N–H and O–H groups in total. The first-order chi connectivity index (χ1) is 10.5. The number of carbonyl (C=O) groups excluding carboxylic acids is 1. The highest BCUT2D eigenvalue weighted by molar-refractivity contribution is 5.92. The third-order valence-corrected chi connectivity index (χ3v) is 3.44. The van der Waals surface area contributed by atoms with Crippen LogP contribution in [0.5, 0.6) is 17.2 Å². The Hall–Kier alpha value is -2.69. The van der Waals surface area contributed by atoms with Gasteiger partial charge in [0.25, 0.3) is 0 Å². The van der Waals surface area contributed by atoms with Gasteiger partial charge in [0.1, 0.15) is 22.8 Å². The van der Waals surface area contributed by atoms with E-state index in [2.05, 4.69) is 4.74 Å². The van der Waals surface area contributed by atoms with E-state index >= 15 is 0 Å². The zero-order valence-corrected chi connectivity index (χ0v) is 12.5. The normalized spacial score (nSPS) is 10.3. The number of hydrogen-bond acceptors (Lipinski definition) is 5. The van der Waals surface area contributed by atoms with E-state index in [0.29, 0.717) is 18.6 Å². The zero-order valence-electron chi connectivity index (χ0n) is 12.5. The van der Waals surface area contributed by atoms with Crippen LogP contribution in [0.15, 0.2) is 36.4 Å². The summed E-state index contributed by atoms with van der Waals surface area (Å²) in [6, 6.07) is 9.85. The average molecular weight is 302 g/mol. The molecule has 0 fully saturated rings. The molecule has 0 aliphatic rings. The van der Waals surface area contributed by atoms with Crippen LogP contribution in [0.2, 0.25) is 0 Å². The molecule has 116 valence electrons. The van der Waals surface area contributed by atoms with Gasteiger partial charge in [0.2, 0.25) is 0 Å². The molecule has 0 saturated heterocycles. The molecule has 0 heterocycles. The number of ether oxygens (including phenoxy) is 2. The molecule has 0 radical (unpaired) electrons. The number of aryl methyl sites for hydroxylation is 2. The van der Waals surface area contributed by atoms with Gasteiger partial charge in [0.05, 0.1) is 14.2 Å². The largest absolute Gasteiger partial charge is 0.508 e. The van der Waals surface area contributed by atoms with Gasteiger partial charge in [0, 0.05) is 0 Å². The number of esters is 1. The van der Waals surface area contributed by atoms with Gasteiger partial charge in [-0.2, -0.15) is 0 Å². The van der Waals surface area contributed by atoms with Crippen LogP contribution in [0.3, 0.4) is 0 Å². The molecule has 0 aliphatic heterocycles. The maximum Gasteiger partial charge on any atom is 0.341 e. The van der Waals surface area contributed by atoms with E-state index in [4.69, 9.17) is 4.74 Å². The monoisotopic (exact) mass is 302 g/mol. The Bertz CT molecular complexity index is 679. The lowest BCUT2D eigenvalue weighted by atomic mass is 10.0. The standard InChI is InChI=1S/C17H18O5/c1-21-13-6-8-15(18)12(10-13)5-3-11-4-7-16(19)14(9-11)17(20)22-2/h4,6-10,18-19H,3,5H2,1-2H3. The van der Waals surface area contributed by atoms with Crippen molar-refractivity contribution >= 4 is 5.97 Å². The third-order valence-electron chi connectivity index (χ3n) is 3.44. The lowest BCUT2D eigenvalue weighted by Crippen LogP contribution is -2.03. The van der Waals surface area contributed by atoms with Crippen molar-refractivity contribution in [3.8, 4) is 17.2 Å². The molecule has 0 unspecified atom stereocenters. The molecule has 0 amide bonds. The summed E-state index contributed by atoms with van der Waals surface area (Å²) in [7, 11) is 2.83. The fourth-order valence-electron chi connectivity index (χ4n) is 2.18. The van der Waals surface area contributed by atoms with Crippen molar-refractivity contribution < 1.29 is 24.5 Å². The molecule has 0 aliphatic carbocycles. The Morgan fingerprint density at radius 1 is 1.00 bits per heavy atom. The Morgan fingerprint density at radius 3 is 2.41 bits per heavy atom. The molecule has 0 aromatic heterocycles. The van der Waals surface area contributed by atoms with Crippen LogP contribution in [0.1, 0.15) is 21.5 Å². The molecule has 0 bridgehead atoms. The van der Waals surface area contributed by atoms with Crippen LogP contribution in [0.25, 0.3) is 0 Å². The smallest absolute Gasteiger partial charge is 0.341 e. The molecule has 0 saturated carbocycles. The van der Waals surface area contributed by atoms with E-state index in [1.807, 2.05) is 0 Å². The second-order valence-corrected chi connectivity index (χ2v) is 4.84. The highest BCUT2D eigenvalue weighted by atomic mass is 16.5. The fraction of sp³-hybridized carbons (Fsp3) is 0.235. The SMILES string of the molecule is COC(=O)c1cc(CCc2cc(OC)ccc2O)ccc1O. The van der Waals surface area contributed by atoms with Crippen molar-refractivity contribution in [1.82, 2.24) is 0 Å². The van der Waals surface area contributed by atoms with Gasteiger partial charge in [-0.05, 0) is 54.3 Å². The zero-order chi connectivity index (χ0) is 16.1. The van der Waals surface area contributed by atoms with Gasteiger partial charge >= 0.3 is 5.97 Å². The number of methoxy groups -OCH3 is 2. The summed E-state index contributed by atoms with van der Waals surface area (Å²) in [6.45, 7) is 0. The molecule has 22 heavy (non-hydrogen) atoms. The lowest BCUT2D eigenvalue weighted by molar-refractivity contribution is 0.0597. The van der Waals surface area contributed by atoms with Crippen molar-refractivity contribution in [2.75, 3.05) is 14.2 Å². The molecule has 2 rings (SSSR count). The summed E-state index contributed by atoms with van der Waals surface area (Å²) in [6.07, 6.45) is 1.18. The van der Waals surface area contributed by atoms with Crippen LogP contribution < -0.4 is 4.74 Å². The van der Waals surface area contributed by atoms with Gasteiger partial charge in [-0.15, -0.1) is 0 Å². The quantitative estimate of drug-likeness (QED) is 0.830. The number of carbonyl (C=O) groups is 1. The second-order valence-electron chi connectivity index (χ2n) is 4.84. The molecule has 5 nitrogen and oxygen atoms in total. The van der Waals surface area contributed by atoms with Crippen molar-refractivity contribution in [3.05, 3.63) is 53.1 Å². The van der Waals surface area contributed by atoms with Crippen LogP contribution in [0, 0.1) is 0 Å². The molecule has 0 spiro atoms. The van der Waals surface area contributed by atoms with Crippen molar-refractivity contribution in [2.45, 2.75) is 12.8 Å². The van der Waals surface area contributed by atoms with E-state index in [1.54, 1.807) is 37.4 Å². The molecule has 2 aromatic carbocycles. The summed E-state index contributed by atoms with van der Waals surface area (Å²) < 4.78 is 9.77. The maximum absolute atomic E-state index is 11.6. The van der Waals surface area contributed by atoms with E-state index in [0.717, 1.165) is 11.1 Å². The predicted octanol–water partition coefficient (Wildman–Crippen LogP) is 2.68. The van der Waals surface area contributed by atoms with Crippen LogP contribution in [0.4, 0.5) is 0 Å². The minimum Gasteiger partial charge on any atom is -0.508 e. The molecular formula is C17H18O5. The van der Waals surface area contributed by atoms with Crippen LogP contribution in [-0.2, 0) is 17.6 Å². The Kier molecular flexibility index (Phi) is 4.88. The first kappa shape index (κ1) is 15.7. The highest BCUT2D eigenvalue weighted by Gasteiger charge is 2.12. The van der Waals surface area contributed by atoms with Gasteiger partial charge < -0.3 is 19.7 Å². The first-order valence-corrected chi connectivity index (χ1v) is 6.81. The van der Waals surface area contributed by atoms with E-state index in [1.165, 1.54) is 13.2 Å². The molecule has 0 atom stereocenters. The van der Waals surface area contributed by atoms with Gasteiger partial charge in [-0.3, -0.25) is 0 Å². The second kappa shape index (κ2) is 6.85. The average Bonchev–Trinajstić information content (AvgIpc) is 2.54. The van der Waals surface area contributed by atoms with Crippen molar-refractivity contribution in [3.63, 3.8) is 0 Å². The van der Waals surface area contributed by atoms with Gasteiger partial charge in [0.15, 0.2) is 0 Å². The molecular weight excluding hydrogens is 284 g/mol. The number of rotatable bonds is 5. The van der Waals surface area contributed by atoms with Gasteiger partial charge in [-0.1, -0.05) is 6.07 Å². The Morgan fingerprint density at radius 2 is 1.73 bits per heavy atom. The first-order valence-electron chi connectivity index (χ1n) is 6.81. The van der Waals surface area contributed by atoms with Gasteiger partial charge in [-0.25, -0.2) is 4.79 Å². The number of phenols is 2. The fourth-order valence-corrected chi connectivity index (χ4v) is 2.18. The minimum absolute atomic E-state index is 0.111.